The van der Waals surface area contributed by atoms with E-state index in [9.17, 15) is 9.18 Å². The zero-order valence-electron chi connectivity index (χ0n) is 14.9. The van der Waals surface area contributed by atoms with E-state index in [1.54, 1.807) is 56.5 Å². The quantitative estimate of drug-likeness (QED) is 0.740. The van der Waals surface area contributed by atoms with E-state index in [1.807, 2.05) is 0 Å². The van der Waals surface area contributed by atoms with E-state index in [1.165, 1.54) is 12.1 Å². The number of hydrogen-bond donors (Lipinski definition) is 1. The van der Waals surface area contributed by atoms with Crippen molar-refractivity contribution in [3.8, 4) is 11.5 Å². The number of halogens is 1. The summed E-state index contributed by atoms with van der Waals surface area (Å²) in [5, 5.41) is 2.99. The molecule has 1 N–H and O–H groups in total. The Balaban J connectivity index is 1.92. The molecule has 2 aromatic carbocycles. The Kier molecular flexibility index (Phi) is 6.91. The van der Waals surface area contributed by atoms with E-state index in [4.69, 9.17) is 21.7 Å². The number of anilines is 2. The van der Waals surface area contributed by atoms with Crippen molar-refractivity contribution in [1.29, 1.82) is 0 Å². The van der Waals surface area contributed by atoms with Gasteiger partial charge in [-0.25, -0.2) is 4.39 Å². The minimum atomic E-state index is -0.312. The van der Waals surface area contributed by atoms with Gasteiger partial charge in [0.15, 0.2) is 11.5 Å². The van der Waals surface area contributed by atoms with E-state index in [0.29, 0.717) is 34.3 Å². The third-order valence-electron chi connectivity index (χ3n) is 3.82. The molecule has 0 fully saturated rings. The second-order valence-electron chi connectivity index (χ2n) is 5.55. The van der Waals surface area contributed by atoms with Crippen LogP contribution < -0.4 is 19.7 Å². The molecule has 138 valence electrons. The number of thiocarbonyl (C=S) groups is 1. The van der Waals surface area contributed by atoms with Gasteiger partial charge in [0.05, 0.1) is 19.2 Å². The van der Waals surface area contributed by atoms with Crippen LogP contribution in [-0.2, 0) is 4.79 Å². The molecule has 0 heterocycles. The number of rotatable bonds is 7. The first kappa shape index (κ1) is 19.7. The summed E-state index contributed by atoms with van der Waals surface area (Å²) in [5.41, 5.74) is 1.39. The van der Waals surface area contributed by atoms with Crippen molar-refractivity contribution in [2.24, 2.45) is 0 Å². The zero-order valence-corrected chi connectivity index (χ0v) is 15.7. The predicted octanol–water partition coefficient (Wildman–Crippen LogP) is 4.03. The highest BCUT2D eigenvalue weighted by Crippen LogP contribution is 2.31. The first-order valence-electron chi connectivity index (χ1n) is 7.98. The highest BCUT2D eigenvalue weighted by molar-refractivity contribution is 7.80. The number of carbonyl (C=O) groups excluding carboxylic acids is 1. The summed E-state index contributed by atoms with van der Waals surface area (Å²) in [6.07, 6.45) is 0.640. The number of hydrogen-bond acceptors (Lipinski definition) is 4. The average molecular weight is 376 g/mol. The summed E-state index contributed by atoms with van der Waals surface area (Å²) in [6, 6.07) is 11.2. The molecule has 0 unspecified atom stereocenters. The number of nitrogens with zero attached hydrogens (tertiary/aromatic N) is 1. The van der Waals surface area contributed by atoms with Crippen molar-refractivity contribution in [3.63, 3.8) is 0 Å². The van der Waals surface area contributed by atoms with E-state index < -0.39 is 0 Å². The Bertz CT molecular complexity index is 781. The SMILES string of the molecule is COc1ccc(N(C)C(=O)CCC(=S)Nc2ccc(F)cc2)cc1OC. The number of ether oxygens (including phenoxy) is 2. The van der Waals surface area contributed by atoms with Crippen LogP contribution in [0.25, 0.3) is 0 Å². The van der Waals surface area contributed by atoms with Crippen LogP contribution in [0.2, 0.25) is 0 Å². The fraction of sp³-hybridized carbons (Fsp3) is 0.263. The number of amides is 1. The normalized spacial score (nSPS) is 10.2. The van der Waals surface area contributed by atoms with Crippen molar-refractivity contribution >= 4 is 34.5 Å². The predicted molar refractivity (Wildman–Crippen MR) is 105 cm³/mol. The molecule has 0 bridgehead atoms. The summed E-state index contributed by atoms with van der Waals surface area (Å²) in [5.74, 6) is 0.758. The molecular weight excluding hydrogens is 355 g/mol. The summed E-state index contributed by atoms with van der Waals surface area (Å²) in [6.45, 7) is 0. The molecule has 2 aromatic rings. The molecule has 0 saturated heterocycles. The molecule has 0 aliphatic heterocycles. The number of benzene rings is 2. The van der Waals surface area contributed by atoms with Crippen LogP contribution in [0.15, 0.2) is 42.5 Å². The lowest BCUT2D eigenvalue weighted by atomic mass is 10.2. The molecular formula is C19H21FN2O3S. The van der Waals surface area contributed by atoms with Crippen molar-refractivity contribution < 1.29 is 18.7 Å². The number of methoxy groups -OCH3 is 2. The molecule has 0 atom stereocenters. The maximum absolute atomic E-state index is 12.9. The minimum Gasteiger partial charge on any atom is -0.493 e. The van der Waals surface area contributed by atoms with E-state index >= 15 is 0 Å². The summed E-state index contributed by atoms with van der Waals surface area (Å²) in [4.78, 5) is 14.5. The molecule has 0 aliphatic rings. The lowest BCUT2D eigenvalue weighted by Crippen LogP contribution is -2.27. The largest absolute Gasteiger partial charge is 0.493 e. The molecule has 0 spiro atoms. The Labute approximate surface area is 157 Å². The third-order valence-corrected chi connectivity index (χ3v) is 4.13. The van der Waals surface area contributed by atoms with Crippen LogP contribution in [0, 0.1) is 5.82 Å². The van der Waals surface area contributed by atoms with Crippen LogP contribution in [0.5, 0.6) is 11.5 Å². The molecule has 1 amide bonds. The van der Waals surface area contributed by atoms with Crippen molar-refractivity contribution in [2.75, 3.05) is 31.5 Å². The van der Waals surface area contributed by atoms with Gasteiger partial charge in [0.25, 0.3) is 0 Å². The maximum atomic E-state index is 12.9. The van der Waals surface area contributed by atoms with Gasteiger partial charge in [0.2, 0.25) is 5.91 Å². The van der Waals surface area contributed by atoms with E-state index in [0.717, 1.165) is 0 Å². The van der Waals surface area contributed by atoms with E-state index in [2.05, 4.69) is 5.32 Å². The Hall–Kier alpha value is -2.67. The second-order valence-corrected chi connectivity index (χ2v) is 6.04. The van der Waals surface area contributed by atoms with Crippen molar-refractivity contribution in [3.05, 3.63) is 48.3 Å². The standard InChI is InChI=1S/C19H21FN2O3S/c1-22(15-8-9-16(24-2)17(12-15)25-3)19(23)11-10-18(26)21-14-6-4-13(20)5-7-14/h4-9,12H,10-11H2,1-3H3,(H,21,26). The topological polar surface area (TPSA) is 50.8 Å². The summed E-state index contributed by atoms with van der Waals surface area (Å²) >= 11 is 5.25. The fourth-order valence-corrected chi connectivity index (χ4v) is 2.54. The first-order chi connectivity index (χ1) is 12.4. The minimum absolute atomic E-state index is 0.0829. The zero-order chi connectivity index (χ0) is 19.1. The first-order valence-corrected chi connectivity index (χ1v) is 8.39. The van der Waals surface area contributed by atoms with Gasteiger partial charge < -0.3 is 19.7 Å². The Morgan fingerprint density at radius 2 is 1.73 bits per heavy atom. The van der Waals surface area contributed by atoms with Gasteiger partial charge in [-0.2, -0.15) is 0 Å². The van der Waals surface area contributed by atoms with Crippen molar-refractivity contribution in [2.45, 2.75) is 12.8 Å². The highest BCUT2D eigenvalue weighted by atomic mass is 32.1. The van der Waals surface area contributed by atoms with Crippen LogP contribution in [0.4, 0.5) is 15.8 Å². The van der Waals surface area contributed by atoms with E-state index in [-0.39, 0.29) is 18.1 Å². The monoisotopic (exact) mass is 376 g/mol. The fourth-order valence-electron chi connectivity index (χ4n) is 2.32. The molecule has 26 heavy (non-hydrogen) atoms. The summed E-state index contributed by atoms with van der Waals surface area (Å²) < 4.78 is 23.4. The second kappa shape index (κ2) is 9.15. The number of carbonyl (C=O) groups is 1. The molecule has 0 aromatic heterocycles. The van der Waals surface area contributed by atoms with Gasteiger partial charge >= 0.3 is 0 Å². The average Bonchev–Trinajstić information content (AvgIpc) is 2.66. The lowest BCUT2D eigenvalue weighted by molar-refractivity contribution is -0.118. The van der Waals surface area contributed by atoms with Gasteiger partial charge in [-0.1, -0.05) is 12.2 Å². The molecule has 0 saturated carbocycles. The maximum Gasteiger partial charge on any atom is 0.227 e. The molecule has 0 aliphatic carbocycles. The van der Waals surface area contributed by atoms with Gasteiger partial charge in [-0.05, 0) is 36.4 Å². The lowest BCUT2D eigenvalue weighted by Gasteiger charge is -2.19. The van der Waals surface area contributed by atoms with Crippen LogP contribution in [0.1, 0.15) is 12.8 Å². The van der Waals surface area contributed by atoms with Gasteiger partial charge in [0.1, 0.15) is 5.82 Å². The van der Waals surface area contributed by atoms with Crippen LogP contribution in [-0.4, -0.2) is 32.2 Å². The van der Waals surface area contributed by atoms with Gasteiger partial charge in [-0.3, -0.25) is 4.79 Å². The van der Waals surface area contributed by atoms with Crippen LogP contribution in [0.3, 0.4) is 0 Å². The highest BCUT2D eigenvalue weighted by Gasteiger charge is 2.14. The molecule has 2 rings (SSSR count). The Morgan fingerprint density at radius 1 is 1.08 bits per heavy atom. The van der Waals surface area contributed by atoms with Gasteiger partial charge in [0, 0.05) is 37.3 Å². The van der Waals surface area contributed by atoms with Crippen LogP contribution >= 0.6 is 12.2 Å². The van der Waals surface area contributed by atoms with Gasteiger partial charge in [-0.15, -0.1) is 0 Å². The Morgan fingerprint density at radius 3 is 2.35 bits per heavy atom. The number of nitrogens with one attached hydrogen (secondary N) is 1. The molecule has 7 heteroatoms. The third kappa shape index (κ3) is 5.16. The molecule has 5 nitrogen and oxygen atoms in total. The smallest absolute Gasteiger partial charge is 0.227 e. The van der Waals surface area contributed by atoms with Crippen molar-refractivity contribution in [1.82, 2.24) is 0 Å². The molecule has 0 radical (unpaired) electrons. The summed E-state index contributed by atoms with van der Waals surface area (Å²) in [7, 11) is 4.80.